The molecule has 6 nitrogen and oxygen atoms in total. The monoisotopic (exact) mass is 326 g/mol. The zero-order valence-corrected chi connectivity index (χ0v) is 14.4. The fraction of sp³-hybridized carbons (Fsp3) is 0.389. The maximum Gasteiger partial charge on any atom is 0.252 e. The second-order valence-corrected chi connectivity index (χ2v) is 5.73. The van der Waals surface area contributed by atoms with Crippen molar-refractivity contribution in [2.75, 3.05) is 5.43 Å². The van der Waals surface area contributed by atoms with Crippen LogP contribution in [0.15, 0.2) is 21.7 Å². The van der Waals surface area contributed by atoms with Crippen molar-refractivity contribution in [1.29, 1.82) is 5.26 Å². The van der Waals surface area contributed by atoms with E-state index in [-0.39, 0.29) is 23.2 Å². The summed E-state index contributed by atoms with van der Waals surface area (Å²) in [5.41, 5.74) is 5.35. The zero-order chi connectivity index (χ0) is 17.7. The number of phenolic OH excluding ortho intramolecular Hbond substituents is 1. The van der Waals surface area contributed by atoms with E-state index in [9.17, 15) is 10.4 Å². The number of aryl methyl sites for hydroxylation is 2. The highest BCUT2D eigenvalue weighted by Gasteiger charge is 2.18. The number of hydrogen-bond acceptors (Lipinski definition) is 6. The van der Waals surface area contributed by atoms with Gasteiger partial charge in [-0.25, -0.2) is 10.4 Å². The van der Waals surface area contributed by atoms with Crippen LogP contribution in [-0.2, 0) is 0 Å². The van der Waals surface area contributed by atoms with Gasteiger partial charge in [0.15, 0.2) is 0 Å². The lowest BCUT2D eigenvalue weighted by Crippen LogP contribution is -1.95. The molecule has 0 spiro atoms. The standard InChI is InChI=1S/C18H22N4O2/c1-5-14(6-2)17-21-15(9-19)18(24-17)22-20-10-13-7-11(3)16(23)12(4)8-13/h7-8,10,14,22-23H,5-6H2,1-4H3. The quantitative estimate of drug-likeness (QED) is 0.612. The first-order chi connectivity index (χ1) is 11.5. The molecule has 1 aromatic carbocycles. The number of benzene rings is 1. The first kappa shape index (κ1) is 17.5. The normalized spacial score (nSPS) is 11.2. The summed E-state index contributed by atoms with van der Waals surface area (Å²) >= 11 is 0. The minimum absolute atomic E-state index is 0.194. The van der Waals surface area contributed by atoms with Gasteiger partial charge in [-0.1, -0.05) is 13.8 Å². The number of hydrogen-bond donors (Lipinski definition) is 2. The van der Waals surface area contributed by atoms with Gasteiger partial charge in [-0.15, -0.1) is 0 Å². The van der Waals surface area contributed by atoms with Crippen molar-refractivity contribution >= 4 is 12.1 Å². The molecule has 0 radical (unpaired) electrons. The summed E-state index contributed by atoms with van der Waals surface area (Å²) in [5.74, 6) is 1.30. The molecule has 1 aromatic heterocycles. The smallest absolute Gasteiger partial charge is 0.252 e. The lowest BCUT2D eigenvalue weighted by Gasteiger charge is -2.05. The molecule has 2 aromatic rings. The number of aromatic nitrogens is 1. The van der Waals surface area contributed by atoms with E-state index < -0.39 is 0 Å². The van der Waals surface area contributed by atoms with E-state index in [1.165, 1.54) is 0 Å². The van der Waals surface area contributed by atoms with E-state index in [2.05, 4.69) is 29.4 Å². The summed E-state index contributed by atoms with van der Waals surface area (Å²) < 4.78 is 5.66. The largest absolute Gasteiger partial charge is 0.507 e. The summed E-state index contributed by atoms with van der Waals surface area (Å²) in [5, 5.41) is 23.1. The topological polar surface area (TPSA) is 94.4 Å². The van der Waals surface area contributed by atoms with E-state index >= 15 is 0 Å². The summed E-state index contributed by atoms with van der Waals surface area (Å²) in [6.07, 6.45) is 3.41. The third kappa shape index (κ3) is 3.74. The van der Waals surface area contributed by atoms with Crippen molar-refractivity contribution in [2.45, 2.75) is 46.5 Å². The molecule has 0 saturated heterocycles. The maximum atomic E-state index is 9.78. The van der Waals surface area contributed by atoms with Gasteiger partial charge < -0.3 is 9.52 Å². The first-order valence-corrected chi connectivity index (χ1v) is 8.00. The first-order valence-electron chi connectivity index (χ1n) is 8.00. The summed E-state index contributed by atoms with van der Waals surface area (Å²) in [4.78, 5) is 4.24. The number of phenols is 1. The number of nitrogens with zero attached hydrogens (tertiary/aromatic N) is 3. The lowest BCUT2D eigenvalue weighted by molar-refractivity contribution is 0.439. The highest BCUT2D eigenvalue weighted by atomic mass is 16.4. The third-order valence-corrected chi connectivity index (χ3v) is 3.98. The Kier molecular flexibility index (Phi) is 5.59. The molecule has 126 valence electrons. The van der Waals surface area contributed by atoms with Crippen molar-refractivity contribution in [1.82, 2.24) is 4.98 Å². The van der Waals surface area contributed by atoms with E-state index in [0.29, 0.717) is 5.89 Å². The Hall–Kier alpha value is -2.81. The molecule has 0 aliphatic carbocycles. The van der Waals surface area contributed by atoms with E-state index in [4.69, 9.17) is 4.42 Å². The second-order valence-electron chi connectivity index (χ2n) is 5.73. The fourth-order valence-electron chi connectivity index (χ4n) is 2.53. The van der Waals surface area contributed by atoms with Gasteiger partial charge in [-0.05, 0) is 55.5 Å². The molecule has 0 saturated carbocycles. The molecule has 24 heavy (non-hydrogen) atoms. The average molecular weight is 326 g/mol. The summed E-state index contributed by atoms with van der Waals surface area (Å²) in [6.45, 7) is 7.79. The lowest BCUT2D eigenvalue weighted by atomic mass is 10.0. The van der Waals surface area contributed by atoms with Crippen LogP contribution in [0.1, 0.15) is 60.9 Å². The molecule has 0 amide bonds. The van der Waals surface area contributed by atoms with Gasteiger partial charge >= 0.3 is 0 Å². The fourth-order valence-corrected chi connectivity index (χ4v) is 2.53. The van der Waals surface area contributed by atoms with Crippen LogP contribution in [0.2, 0.25) is 0 Å². The van der Waals surface area contributed by atoms with Gasteiger partial charge in [-0.2, -0.15) is 10.4 Å². The number of rotatable bonds is 6. The van der Waals surface area contributed by atoms with Crippen LogP contribution >= 0.6 is 0 Å². The molecule has 2 rings (SSSR count). The Morgan fingerprint density at radius 2 is 1.96 bits per heavy atom. The van der Waals surface area contributed by atoms with E-state index in [1.807, 2.05) is 32.0 Å². The summed E-state index contributed by atoms with van der Waals surface area (Å²) in [7, 11) is 0. The van der Waals surface area contributed by atoms with Crippen LogP contribution in [0.3, 0.4) is 0 Å². The zero-order valence-electron chi connectivity index (χ0n) is 14.4. The Bertz CT molecular complexity index is 760. The third-order valence-electron chi connectivity index (χ3n) is 3.98. The molecule has 0 bridgehead atoms. The van der Waals surface area contributed by atoms with Crippen molar-refractivity contribution < 1.29 is 9.52 Å². The predicted molar refractivity (Wildman–Crippen MR) is 93.3 cm³/mol. The molecule has 0 atom stereocenters. The Labute approximate surface area is 141 Å². The maximum absolute atomic E-state index is 9.78. The minimum Gasteiger partial charge on any atom is -0.507 e. The molecular weight excluding hydrogens is 304 g/mol. The van der Waals surface area contributed by atoms with Crippen LogP contribution in [0.4, 0.5) is 5.88 Å². The number of oxazole rings is 1. The molecule has 2 N–H and O–H groups in total. The van der Waals surface area contributed by atoms with E-state index in [1.54, 1.807) is 6.21 Å². The second kappa shape index (κ2) is 7.64. The van der Waals surface area contributed by atoms with Crippen molar-refractivity contribution in [2.24, 2.45) is 5.10 Å². The van der Waals surface area contributed by atoms with Gasteiger partial charge in [0.2, 0.25) is 11.6 Å². The van der Waals surface area contributed by atoms with Crippen LogP contribution in [-0.4, -0.2) is 16.3 Å². The van der Waals surface area contributed by atoms with Gasteiger partial charge in [0.05, 0.1) is 6.21 Å². The van der Waals surface area contributed by atoms with Crippen LogP contribution in [0.5, 0.6) is 5.75 Å². The van der Waals surface area contributed by atoms with Gasteiger partial charge in [0, 0.05) is 5.92 Å². The molecule has 0 fully saturated rings. The molecule has 6 heteroatoms. The van der Waals surface area contributed by atoms with Crippen molar-refractivity contribution in [3.8, 4) is 11.8 Å². The Balaban J connectivity index is 2.18. The minimum atomic E-state index is 0.194. The summed E-state index contributed by atoms with van der Waals surface area (Å²) in [6, 6.07) is 5.68. The molecule has 0 aliphatic rings. The number of nitriles is 1. The Morgan fingerprint density at radius 3 is 2.50 bits per heavy atom. The molecule has 0 unspecified atom stereocenters. The predicted octanol–water partition coefficient (Wildman–Crippen LogP) is 4.22. The SMILES string of the molecule is CCC(CC)c1nc(C#N)c(NN=Cc2cc(C)c(O)c(C)c2)o1. The molecule has 1 heterocycles. The van der Waals surface area contributed by atoms with Crippen LogP contribution in [0, 0.1) is 25.2 Å². The molecular formula is C18H22N4O2. The van der Waals surface area contributed by atoms with Crippen LogP contribution in [0.25, 0.3) is 0 Å². The average Bonchev–Trinajstić information content (AvgIpc) is 2.97. The number of aromatic hydroxyl groups is 1. The van der Waals surface area contributed by atoms with E-state index in [0.717, 1.165) is 29.5 Å². The van der Waals surface area contributed by atoms with Crippen LogP contribution < -0.4 is 5.43 Å². The highest BCUT2D eigenvalue weighted by molar-refractivity contribution is 5.81. The Morgan fingerprint density at radius 1 is 1.33 bits per heavy atom. The highest BCUT2D eigenvalue weighted by Crippen LogP contribution is 2.27. The molecule has 0 aliphatic heterocycles. The van der Waals surface area contributed by atoms with Crippen molar-refractivity contribution in [3.05, 3.63) is 40.4 Å². The van der Waals surface area contributed by atoms with Gasteiger partial charge in [-0.3, -0.25) is 0 Å². The van der Waals surface area contributed by atoms with Gasteiger partial charge in [0.25, 0.3) is 5.88 Å². The van der Waals surface area contributed by atoms with Gasteiger partial charge in [0.1, 0.15) is 11.8 Å². The van der Waals surface area contributed by atoms with Crippen molar-refractivity contribution in [3.63, 3.8) is 0 Å². The number of nitrogens with one attached hydrogen (secondary N) is 1. The number of hydrazone groups is 1. The number of anilines is 1.